The molecule has 17 heavy (non-hydrogen) atoms. The second kappa shape index (κ2) is 4.60. The van der Waals surface area contributed by atoms with Gasteiger partial charge < -0.3 is 5.11 Å². The van der Waals surface area contributed by atoms with E-state index in [1.165, 1.54) is 25.7 Å². The number of carboxylic acid groups (broad SMARTS) is 1. The summed E-state index contributed by atoms with van der Waals surface area (Å²) >= 11 is 0. The molecule has 3 nitrogen and oxygen atoms in total. The molecule has 2 aliphatic rings. The van der Waals surface area contributed by atoms with Crippen molar-refractivity contribution in [2.75, 3.05) is 6.54 Å². The molecule has 2 atom stereocenters. The first-order chi connectivity index (χ1) is 7.89. The SMILES string of the molecule is CC1CC(C)(C)CCC1N(CC(=O)O)C1CC1. The predicted octanol–water partition coefficient (Wildman–Crippen LogP) is 2.75. The van der Waals surface area contributed by atoms with Crippen molar-refractivity contribution >= 4 is 5.97 Å². The van der Waals surface area contributed by atoms with Gasteiger partial charge in [0, 0.05) is 12.1 Å². The van der Waals surface area contributed by atoms with Gasteiger partial charge >= 0.3 is 5.97 Å². The molecule has 2 saturated carbocycles. The van der Waals surface area contributed by atoms with Crippen LogP contribution in [-0.4, -0.2) is 34.6 Å². The molecule has 2 aliphatic carbocycles. The topological polar surface area (TPSA) is 40.5 Å². The third-order valence-corrected chi connectivity index (χ3v) is 4.41. The Morgan fingerprint density at radius 2 is 2.00 bits per heavy atom. The lowest BCUT2D eigenvalue weighted by Crippen LogP contribution is -2.47. The summed E-state index contributed by atoms with van der Waals surface area (Å²) in [6, 6.07) is 1.05. The molecular weight excluding hydrogens is 214 g/mol. The Bertz CT molecular complexity index is 297. The van der Waals surface area contributed by atoms with Gasteiger partial charge in [-0.3, -0.25) is 9.69 Å². The fourth-order valence-electron chi connectivity index (χ4n) is 3.51. The van der Waals surface area contributed by atoms with Gasteiger partial charge in [-0.25, -0.2) is 0 Å². The normalized spacial score (nSPS) is 32.7. The molecule has 0 heterocycles. The fourth-order valence-corrected chi connectivity index (χ4v) is 3.51. The van der Waals surface area contributed by atoms with Crippen LogP contribution in [0.25, 0.3) is 0 Å². The van der Waals surface area contributed by atoms with Gasteiger partial charge in [0.25, 0.3) is 0 Å². The van der Waals surface area contributed by atoms with Crippen LogP contribution in [0.3, 0.4) is 0 Å². The largest absolute Gasteiger partial charge is 0.480 e. The molecule has 0 radical (unpaired) electrons. The van der Waals surface area contributed by atoms with Gasteiger partial charge in [0.2, 0.25) is 0 Å². The van der Waals surface area contributed by atoms with E-state index in [1.807, 2.05) is 0 Å². The molecule has 2 rings (SSSR count). The first-order valence-electron chi connectivity index (χ1n) is 6.86. The molecule has 2 unspecified atom stereocenters. The number of hydrogen-bond acceptors (Lipinski definition) is 2. The summed E-state index contributed by atoms with van der Waals surface area (Å²) in [5.74, 6) is -0.0485. The number of hydrogen-bond donors (Lipinski definition) is 1. The molecule has 1 N–H and O–H groups in total. The second-order valence-corrected chi connectivity index (χ2v) is 6.75. The number of aliphatic carboxylic acids is 1. The molecule has 0 spiro atoms. The maximum absolute atomic E-state index is 11.0. The van der Waals surface area contributed by atoms with E-state index in [0.29, 0.717) is 23.4 Å². The molecule has 98 valence electrons. The van der Waals surface area contributed by atoms with Crippen LogP contribution in [0.1, 0.15) is 52.9 Å². The van der Waals surface area contributed by atoms with Crippen LogP contribution < -0.4 is 0 Å². The van der Waals surface area contributed by atoms with Crippen LogP contribution in [0.2, 0.25) is 0 Å². The van der Waals surface area contributed by atoms with Crippen LogP contribution in [0, 0.1) is 11.3 Å². The Labute approximate surface area is 104 Å². The highest BCUT2D eigenvalue weighted by Crippen LogP contribution is 2.42. The minimum Gasteiger partial charge on any atom is -0.480 e. The van der Waals surface area contributed by atoms with Crippen LogP contribution >= 0.6 is 0 Å². The maximum Gasteiger partial charge on any atom is 0.317 e. The molecule has 0 aromatic carbocycles. The summed E-state index contributed by atoms with van der Waals surface area (Å²) in [4.78, 5) is 13.2. The maximum atomic E-state index is 11.0. The average Bonchev–Trinajstić information content (AvgIpc) is 2.96. The monoisotopic (exact) mass is 239 g/mol. The molecule has 0 aromatic rings. The van der Waals surface area contributed by atoms with Crippen molar-refractivity contribution < 1.29 is 9.90 Å². The summed E-state index contributed by atoms with van der Waals surface area (Å²) in [7, 11) is 0. The summed E-state index contributed by atoms with van der Waals surface area (Å²) < 4.78 is 0. The van der Waals surface area contributed by atoms with Crippen LogP contribution in [0.5, 0.6) is 0 Å². The van der Waals surface area contributed by atoms with Crippen LogP contribution in [0.15, 0.2) is 0 Å². The first kappa shape index (κ1) is 12.9. The minimum absolute atomic E-state index is 0.236. The Kier molecular flexibility index (Phi) is 3.48. The number of rotatable bonds is 4. The van der Waals surface area contributed by atoms with Crippen molar-refractivity contribution in [2.45, 2.75) is 65.0 Å². The third-order valence-electron chi connectivity index (χ3n) is 4.41. The van der Waals surface area contributed by atoms with Crippen molar-refractivity contribution in [1.29, 1.82) is 0 Å². The highest BCUT2D eigenvalue weighted by atomic mass is 16.4. The number of nitrogens with zero attached hydrogens (tertiary/aromatic N) is 1. The van der Waals surface area contributed by atoms with Gasteiger partial charge in [-0.15, -0.1) is 0 Å². The molecular formula is C14H25NO2. The van der Waals surface area contributed by atoms with Crippen LogP contribution in [0.4, 0.5) is 0 Å². The van der Waals surface area contributed by atoms with Crippen LogP contribution in [-0.2, 0) is 4.79 Å². The molecule has 2 fully saturated rings. The number of carboxylic acids is 1. The minimum atomic E-state index is -0.672. The van der Waals surface area contributed by atoms with Gasteiger partial charge in [-0.1, -0.05) is 20.8 Å². The average molecular weight is 239 g/mol. The van der Waals surface area contributed by atoms with E-state index >= 15 is 0 Å². The lowest BCUT2D eigenvalue weighted by atomic mass is 9.70. The summed E-state index contributed by atoms with van der Waals surface area (Å²) in [6.45, 7) is 7.19. The zero-order valence-corrected chi connectivity index (χ0v) is 11.3. The van der Waals surface area contributed by atoms with E-state index < -0.39 is 5.97 Å². The summed E-state index contributed by atoms with van der Waals surface area (Å²) in [6.07, 6.45) is 6.00. The first-order valence-corrected chi connectivity index (χ1v) is 6.86. The van der Waals surface area contributed by atoms with Gasteiger partial charge in [0.05, 0.1) is 6.54 Å². The lowest BCUT2D eigenvalue weighted by Gasteiger charge is -2.44. The Morgan fingerprint density at radius 1 is 1.35 bits per heavy atom. The van der Waals surface area contributed by atoms with Crippen molar-refractivity contribution in [3.63, 3.8) is 0 Å². The molecule has 0 amide bonds. The highest BCUT2D eigenvalue weighted by molar-refractivity contribution is 5.69. The van der Waals surface area contributed by atoms with E-state index in [9.17, 15) is 4.79 Å². The standard InChI is InChI=1S/C14H25NO2/c1-10-8-14(2,3)7-6-12(10)15(9-13(16)17)11-4-5-11/h10-12H,4-9H2,1-3H3,(H,16,17). The van der Waals surface area contributed by atoms with E-state index in [1.54, 1.807) is 0 Å². The zero-order chi connectivity index (χ0) is 12.6. The second-order valence-electron chi connectivity index (χ2n) is 6.75. The van der Waals surface area contributed by atoms with E-state index in [2.05, 4.69) is 25.7 Å². The molecule has 3 heteroatoms. The smallest absolute Gasteiger partial charge is 0.317 e. The lowest BCUT2D eigenvalue weighted by molar-refractivity contribution is -0.139. The summed E-state index contributed by atoms with van der Waals surface area (Å²) in [5.41, 5.74) is 0.439. The molecule has 0 aromatic heterocycles. The molecule has 0 saturated heterocycles. The van der Waals surface area contributed by atoms with Crippen molar-refractivity contribution in [3.05, 3.63) is 0 Å². The van der Waals surface area contributed by atoms with Crippen molar-refractivity contribution in [1.82, 2.24) is 4.90 Å². The van der Waals surface area contributed by atoms with Gasteiger partial charge in [-0.05, 0) is 43.4 Å². The zero-order valence-electron chi connectivity index (χ0n) is 11.3. The highest BCUT2D eigenvalue weighted by Gasteiger charge is 2.41. The Hall–Kier alpha value is -0.570. The molecule has 0 aliphatic heterocycles. The molecule has 0 bridgehead atoms. The quantitative estimate of drug-likeness (QED) is 0.820. The predicted molar refractivity (Wildman–Crippen MR) is 67.9 cm³/mol. The van der Waals surface area contributed by atoms with Crippen molar-refractivity contribution in [3.8, 4) is 0 Å². The number of carbonyl (C=O) groups is 1. The van der Waals surface area contributed by atoms with Gasteiger partial charge in [0.15, 0.2) is 0 Å². The van der Waals surface area contributed by atoms with Gasteiger partial charge in [-0.2, -0.15) is 0 Å². The fraction of sp³-hybridized carbons (Fsp3) is 0.929. The van der Waals surface area contributed by atoms with Gasteiger partial charge in [0.1, 0.15) is 0 Å². The van der Waals surface area contributed by atoms with E-state index in [-0.39, 0.29) is 6.54 Å². The summed E-state index contributed by atoms with van der Waals surface area (Å²) in [5, 5.41) is 9.04. The Morgan fingerprint density at radius 3 is 2.47 bits per heavy atom. The third kappa shape index (κ3) is 3.21. The Balaban J connectivity index is 2.01. The van der Waals surface area contributed by atoms with E-state index in [0.717, 1.165) is 6.42 Å². The van der Waals surface area contributed by atoms with Crippen molar-refractivity contribution in [2.24, 2.45) is 11.3 Å². The van der Waals surface area contributed by atoms with E-state index in [4.69, 9.17) is 5.11 Å².